The summed E-state index contributed by atoms with van der Waals surface area (Å²) in [5.41, 5.74) is 0.902. The Balaban J connectivity index is 1.85. The fourth-order valence-electron chi connectivity index (χ4n) is 2.65. The second kappa shape index (κ2) is 7.57. The molecule has 5 heteroatoms. The van der Waals surface area contributed by atoms with Crippen LogP contribution in [0, 0.1) is 5.92 Å². The molecule has 0 aliphatic heterocycles. The summed E-state index contributed by atoms with van der Waals surface area (Å²) in [5, 5.41) is 9.52. The van der Waals surface area contributed by atoms with Crippen LogP contribution in [0.3, 0.4) is 0 Å². The maximum absolute atomic E-state index is 11.3. The summed E-state index contributed by atoms with van der Waals surface area (Å²) < 4.78 is 7.60. The summed E-state index contributed by atoms with van der Waals surface area (Å²) in [6.45, 7) is -0.228. The van der Waals surface area contributed by atoms with Crippen molar-refractivity contribution in [3.8, 4) is 11.5 Å². The molecule has 0 saturated heterocycles. The third-order valence-corrected chi connectivity index (χ3v) is 3.84. The van der Waals surface area contributed by atoms with E-state index in [2.05, 4.69) is 4.98 Å². The van der Waals surface area contributed by atoms with Crippen LogP contribution in [0.15, 0.2) is 73.3 Å². The first-order chi connectivity index (χ1) is 11.8. The van der Waals surface area contributed by atoms with E-state index in [1.165, 1.54) is 0 Å². The first kappa shape index (κ1) is 16.0. The molecule has 1 aromatic heterocycles. The van der Waals surface area contributed by atoms with Crippen LogP contribution < -0.4 is 4.74 Å². The van der Waals surface area contributed by atoms with Crippen molar-refractivity contribution in [3.05, 3.63) is 78.9 Å². The Morgan fingerprint density at radius 3 is 2.38 bits per heavy atom. The molecule has 0 aliphatic rings. The first-order valence-electron chi connectivity index (χ1n) is 7.68. The zero-order chi connectivity index (χ0) is 16.8. The predicted octanol–water partition coefficient (Wildman–Crippen LogP) is 3.07. The average Bonchev–Trinajstić information content (AvgIpc) is 3.15. The molecule has 0 radical (unpaired) electrons. The summed E-state index contributed by atoms with van der Waals surface area (Å²) in [5.74, 6) is 0.929. The molecule has 24 heavy (non-hydrogen) atoms. The van der Waals surface area contributed by atoms with E-state index < -0.39 is 5.92 Å². The topological polar surface area (TPSA) is 64.3 Å². The molecule has 2 atom stereocenters. The highest BCUT2D eigenvalue weighted by atomic mass is 16.5. The number of aldehydes is 1. The highest BCUT2D eigenvalue weighted by Crippen LogP contribution is 2.28. The molecular formula is C19H18N2O3. The van der Waals surface area contributed by atoms with Gasteiger partial charge in [0.05, 0.1) is 24.9 Å². The number of hydrogen-bond donors (Lipinski definition) is 1. The van der Waals surface area contributed by atoms with Crippen LogP contribution in [0.2, 0.25) is 0 Å². The van der Waals surface area contributed by atoms with E-state index in [4.69, 9.17) is 4.74 Å². The Morgan fingerprint density at radius 2 is 1.79 bits per heavy atom. The Hall–Kier alpha value is -2.92. The zero-order valence-corrected chi connectivity index (χ0v) is 13.0. The molecule has 2 unspecified atom stereocenters. The van der Waals surface area contributed by atoms with Gasteiger partial charge in [0.25, 0.3) is 0 Å². The van der Waals surface area contributed by atoms with Crippen molar-refractivity contribution >= 4 is 6.29 Å². The van der Waals surface area contributed by atoms with Crippen molar-refractivity contribution in [2.45, 2.75) is 6.04 Å². The van der Waals surface area contributed by atoms with Gasteiger partial charge in [-0.15, -0.1) is 0 Å². The number of nitrogens with zero attached hydrogens (tertiary/aromatic N) is 2. The van der Waals surface area contributed by atoms with Crippen LogP contribution in [0.25, 0.3) is 0 Å². The molecule has 0 amide bonds. The van der Waals surface area contributed by atoms with Crippen LogP contribution in [-0.4, -0.2) is 27.6 Å². The van der Waals surface area contributed by atoms with E-state index in [0.717, 1.165) is 17.6 Å². The standard InChI is InChI=1S/C19H18N2O3/c22-12-16(13-23)19(21-11-10-20-14-21)15-6-8-18(9-7-15)24-17-4-2-1-3-5-17/h1-12,14,16,19,23H,13H2. The van der Waals surface area contributed by atoms with Gasteiger partial charge in [-0.3, -0.25) is 0 Å². The van der Waals surface area contributed by atoms with Crippen LogP contribution in [0.5, 0.6) is 11.5 Å². The number of hydrogen-bond acceptors (Lipinski definition) is 4. The zero-order valence-electron chi connectivity index (χ0n) is 13.0. The molecule has 1 heterocycles. The van der Waals surface area contributed by atoms with E-state index in [1.54, 1.807) is 18.7 Å². The van der Waals surface area contributed by atoms with Crippen LogP contribution in [0.1, 0.15) is 11.6 Å². The molecule has 0 saturated carbocycles. The number of para-hydroxylation sites is 1. The van der Waals surface area contributed by atoms with Crippen molar-refractivity contribution in [2.24, 2.45) is 5.92 Å². The monoisotopic (exact) mass is 322 g/mol. The number of benzene rings is 2. The third kappa shape index (κ3) is 3.52. The van der Waals surface area contributed by atoms with Crippen molar-refractivity contribution in [3.63, 3.8) is 0 Å². The quantitative estimate of drug-likeness (QED) is 0.679. The number of aliphatic hydroxyl groups is 1. The van der Waals surface area contributed by atoms with E-state index in [1.807, 2.05) is 59.2 Å². The van der Waals surface area contributed by atoms with Gasteiger partial charge in [0.1, 0.15) is 17.8 Å². The largest absolute Gasteiger partial charge is 0.457 e. The van der Waals surface area contributed by atoms with Crippen molar-refractivity contribution in [2.75, 3.05) is 6.61 Å². The Bertz CT molecular complexity index is 755. The molecule has 1 N–H and O–H groups in total. The van der Waals surface area contributed by atoms with Crippen molar-refractivity contribution < 1.29 is 14.6 Å². The molecule has 122 valence electrons. The van der Waals surface area contributed by atoms with Gasteiger partial charge in [0.2, 0.25) is 0 Å². The van der Waals surface area contributed by atoms with Gasteiger partial charge < -0.3 is 19.2 Å². The smallest absolute Gasteiger partial charge is 0.127 e. The molecular weight excluding hydrogens is 304 g/mol. The number of carbonyl (C=O) groups is 1. The summed E-state index contributed by atoms with van der Waals surface area (Å²) in [7, 11) is 0. The van der Waals surface area contributed by atoms with Gasteiger partial charge in [-0.1, -0.05) is 30.3 Å². The molecule has 0 fully saturated rings. The maximum Gasteiger partial charge on any atom is 0.127 e. The van der Waals surface area contributed by atoms with Crippen LogP contribution >= 0.6 is 0 Å². The second-order valence-electron chi connectivity index (χ2n) is 5.42. The summed E-state index contributed by atoms with van der Waals surface area (Å²) in [6, 6.07) is 16.7. The molecule has 0 bridgehead atoms. The summed E-state index contributed by atoms with van der Waals surface area (Å²) in [6.07, 6.45) is 5.86. The third-order valence-electron chi connectivity index (χ3n) is 3.84. The van der Waals surface area contributed by atoms with Gasteiger partial charge in [-0.2, -0.15) is 0 Å². The summed E-state index contributed by atoms with van der Waals surface area (Å²) >= 11 is 0. The van der Waals surface area contributed by atoms with Gasteiger partial charge >= 0.3 is 0 Å². The molecule has 0 aliphatic carbocycles. The molecule has 2 aromatic carbocycles. The second-order valence-corrected chi connectivity index (χ2v) is 5.42. The molecule has 3 rings (SSSR count). The summed E-state index contributed by atoms with van der Waals surface area (Å²) in [4.78, 5) is 15.4. The van der Waals surface area contributed by atoms with Gasteiger partial charge in [-0.05, 0) is 29.8 Å². The Kier molecular flexibility index (Phi) is 5.03. The number of ether oxygens (including phenoxy) is 1. The molecule has 0 spiro atoms. The van der Waals surface area contributed by atoms with Gasteiger partial charge in [-0.25, -0.2) is 4.98 Å². The fourth-order valence-corrected chi connectivity index (χ4v) is 2.65. The van der Waals surface area contributed by atoms with Crippen molar-refractivity contribution in [1.82, 2.24) is 9.55 Å². The highest BCUT2D eigenvalue weighted by Gasteiger charge is 2.23. The van der Waals surface area contributed by atoms with Crippen molar-refractivity contribution in [1.29, 1.82) is 0 Å². The lowest BCUT2D eigenvalue weighted by molar-refractivity contribution is -0.113. The maximum atomic E-state index is 11.3. The first-order valence-corrected chi connectivity index (χ1v) is 7.68. The molecule has 5 nitrogen and oxygen atoms in total. The Labute approximate surface area is 140 Å². The number of aromatic nitrogens is 2. The van der Waals surface area contributed by atoms with Crippen LogP contribution in [0.4, 0.5) is 0 Å². The van der Waals surface area contributed by atoms with Gasteiger partial charge in [0, 0.05) is 12.4 Å². The van der Waals surface area contributed by atoms with E-state index in [0.29, 0.717) is 5.75 Å². The van der Waals surface area contributed by atoms with E-state index in [-0.39, 0.29) is 12.6 Å². The van der Waals surface area contributed by atoms with E-state index in [9.17, 15) is 9.90 Å². The molecule has 3 aromatic rings. The minimum atomic E-state index is -0.542. The lowest BCUT2D eigenvalue weighted by Crippen LogP contribution is -2.24. The predicted molar refractivity (Wildman–Crippen MR) is 90.0 cm³/mol. The fraction of sp³-hybridized carbons (Fsp3) is 0.158. The highest BCUT2D eigenvalue weighted by molar-refractivity contribution is 5.56. The minimum Gasteiger partial charge on any atom is -0.457 e. The minimum absolute atomic E-state index is 0.228. The average molecular weight is 322 g/mol. The SMILES string of the molecule is O=CC(CO)C(c1ccc(Oc2ccccc2)cc1)n1ccnc1. The number of carbonyl (C=O) groups excluding carboxylic acids is 1. The number of imidazole rings is 1. The van der Waals surface area contributed by atoms with Gasteiger partial charge in [0.15, 0.2) is 0 Å². The number of aliphatic hydroxyl groups excluding tert-OH is 1. The lowest BCUT2D eigenvalue weighted by atomic mass is 9.94. The Morgan fingerprint density at radius 1 is 1.08 bits per heavy atom. The van der Waals surface area contributed by atoms with Crippen LogP contribution in [-0.2, 0) is 4.79 Å². The lowest BCUT2D eigenvalue weighted by Gasteiger charge is -2.23. The number of rotatable bonds is 7. The van der Waals surface area contributed by atoms with E-state index >= 15 is 0 Å². The normalized spacial score (nSPS) is 13.2.